The zero-order valence-corrected chi connectivity index (χ0v) is 9.26. The molecule has 0 saturated heterocycles. The first-order valence-corrected chi connectivity index (χ1v) is 7.58. The molecule has 0 heterocycles. The molecule has 0 aliphatic rings. The second-order valence-electron chi connectivity index (χ2n) is 1.95. The van der Waals surface area contributed by atoms with Crippen LogP contribution in [0.15, 0.2) is 24.3 Å². The first kappa shape index (κ1) is 9.86. The van der Waals surface area contributed by atoms with Crippen LogP contribution in [-0.2, 0) is 7.67 Å². The Balaban J connectivity index is 3.27. The van der Waals surface area contributed by atoms with E-state index in [2.05, 4.69) is 0 Å². The molecule has 0 amide bonds. The van der Waals surface area contributed by atoms with Crippen LogP contribution in [0.4, 0.5) is 0 Å². The summed E-state index contributed by atoms with van der Waals surface area (Å²) in [5.41, 5.74) is 0. The van der Waals surface area contributed by atoms with Crippen molar-refractivity contribution in [2.75, 3.05) is 0 Å². The standard InChI is InChI=1S/C6H6O4Se2/c7-11(8)5-3-1-2-4-6(5)12(9)10/h1-4H,(H,7,8)(H,9,10). The second-order valence-corrected chi connectivity index (χ2v) is 5.88. The molecular formula is C6H6O4Se2. The van der Waals surface area contributed by atoms with Crippen molar-refractivity contribution in [1.82, 2.24) is 0 Å². The van der Waals surface area contributed by atoms with Crippen molar-refractivity contribution in [2.45, 2.75) is 0 Å². The summed E-state index contributed by atoms with van der Waals surface area (Å²) in [6.07, 6.45) is 0. The maximum atomic E-state index is 10.7. The fourth-order valence-electron chi connectivity index (χ4n) is 0.739. The molecule has 0 radical (unpaired) electrons. The van der Waals surface area contributed by atoms with Crippen LogP contribution in [0.2, 0.25) is 0 Å². The van der Waals surface area contributed by atoms with E-state index in [1.807, 2.05) is 0 Å². The third-order valence-electron chi connectivity index (χ3n) is 1.23. The summed E-state index contributed by atoms with van der Waals surface area (Å²) in [7, 11) is 0. The van der Waals surface area contributed by atoms with Gasteiger partial charge in [-0.3, -0.25) is 0 Å². The first-order chi connectivity index (χ1) is 5.63. The van der Waals surface area contributed by atoms with E-state index in [-0.39, 0.29) is 8.92 Å². The molecule has 1 aromatic rings. The maximum absolute atomic E-state index is 10.7. The average molecular weight is 300 g/mol. The molecule has 1 rings (SSSR count). The Bertz CT molecular complexity index is 303. The normalized spacial score (nSPS) is 15.5. The molecule has 0 fully saturated rings. The van der Waals surface area contributed by atoms with Gasteiger partial charge in [0.15, 0.2) is 0 Å². The fraction of sp³-hybridized carbons (Fsp3) is 0. The van der Waals surface area contributed by atoms with Crippen molar-refractivity contribution in [3.8, 4) is 0 Å². The summed E-state index contributed by atoms with van der Waals surface area (Å²) >= 11 is -6.15. The van der Waals surface area contributed by atoms with Gasteiger partial charge in [-0.15, -0.1) is 0 Å². The molecule has 0 aromatic heterocycles. The molecule has 2 atom stereocenters. The molecule has 12 heavy (non-hydrogen) atoms. The van der Waals surface area contributed by atoms with Crippen molar-refractivity contribution in [1.29, 1.82) is 0 Å². The average Bonchev–Trinajstić information content (AvgIpc) is 2.04. The molecule has 0 aliphatic carbocycles. The Morgan fingerprint density at radius 3 is 1.50 bits per heavy atom. The van der Waals surface area contributed by atoms with Gasteiger partial charge >= 0.3 is 77.6 Å². The van der Waals surface area contributed by atoms with Crippen LogP contribution in [0.1, 0.15) is 0 Å². The molecule has 0 aliphatic heterocycles. The molecule has 0 saturated carbocycles. The van der Waals surface area contributed by atoms with Crippen molar-refractivity contribution in [3.05, 3.63) is 24.3 Å². The van der Waals surface area contributed by atoms with Crippen molar-refractivity contribution < 1.29 is 16.0 Å². The summed E-state index contributed by atoms with van der Waals surface area (Å²) in [6.45, 7) is 0. The van der Waals surface area contributed by atoms with Crippen LogP contribution in [0.25, 0.3) is 0 Å². The quantitative estimate of drug-likeness (QED) is 0.615. The van der Waals surface area contributed by atoms with Crippen LogP contribution in [0, 0.1) is 0 Å². The summed E-state index contributed by atoms with van der Waals surface area (Å²) in [6, 6.07) is 5.94. The van der Waals surface area contributed by atoms with Gasteiger partial charge in [0, 0.05) is 0 Å². The summed E-state index contributed by atoms with van der Waals surface area (Å²) in [5.74, 6) is 0. The predicted molar refractivity (Wildman–Crippen MR) is 43.0 cm³/mol. The van der Waals surface area contributed by atoms with Gasteiger partial charge in [0.05, 0.1) is 0 Å². The minimum atomic E-state index is -3.08. The minimum absolute atomic E-state index is 0.111. The molecule has 0 bridgehead atoms. The van der Waals surface area contributed by atoms with Crippen molar-refractivity contribution in [3.63, 3.8) is 0 Å². The van der Waals surface area contributed by atoms with E-state index in [0.29, 0.717) is 0 Å². The molecule has 4 nitrogen and oxygen atoms in total. The Morgan fingerprint density at radius 1 is 0.917 bits per heavy atom. The van der Waals surface area contributed by atoms with Gasteiger partial charge in [0.25, 0.3) is 0 Å². The zero-order chi connectivity index (χ0) is 9.14. The van der Waals surface area contributed by atoms with E-state index in [1.165, 1.54) is 12.1 Å². The van der Waals surface area contributed by atoms with Gasteiger partial charge in [0.1, 0.15) is 0 Å². The van der Waals surface area contributed by atoms with E-state index in [9.17, 15) is 7.67 Å². The first-order valence-electron chi connectivity index (χ1n) is 2.93. The van der Waals surface area contributed by atoms with Gasteiger partial charge in [0.2, 0.25) is 0 Å². The van der Waals surface area contributed by atoms with E-state index < -0.39 is 28.3 Å². The van der Waals surface area contributed by atoms with Gasteiger partial charge in [-0.1, -0.05) is 0 Å². The van der Waals surface area contributed by atoms with Crippen LogP contribution in [0.3, 0.4) is 0 Å². The second kappa shape index (κ2) is 4.14. The number of rotatable bonds is 2. The van der Waals surface area contributed by atoms with Crippen LogP contribution in [-0.4, -0.2) is 36.7 Å². The van der Waals surface area contributed by atoms with Crippen LogP contribution >= 0.6 is 0 Å². The monoisotopic (exact) mass is 302 g/mol. The molecule has 2 N–H and O–H groups in total. The van der Waals surface area contributed by atoms with Crippen LogP contribution < -0.4 is 8.92 Å². The Hall–Kier alpha value is -0.221. The van der Waals surface area contributed by atoms with E-state index in [0.717, 1.165) is 0 Å². The SMILES string of the molecule is O=[Se](O)c1ccccc1[Se](=O)O. The number of hydrogen-bond acceptors (Lipinski definition) is 2. The van der Waals surface area contributed by atoms with Gasteiger partial charge < -0.3 is 0 Å². The van der Waals surface area contributed by atoms with E-state index in [1.54, 1.807) is 12.1 Å². The molecule has 2 unspecified atom stereocenters. The Labute approximate surface area is 77.7 Å². The summed E-state index contributed by atoms with van der Waals surface area (Å²) in [5, 5.41) is 0. The molecule has 1 aromatic carbocycles. The third-order valence-corrected chi connectivity index (χ3v) is 4.95. The molecule has 66 valence electrons. The predicted octanol–water partition coefficient (Wildman–Crippen LogP) is -2.08. The number of hydrogen-bond donors (Lipinski definition) is 2. The van der Waals surface area contributed by atoms with Gasteiger partial charge in [-0.05, 0) is 0 Å². The molecule has 6 heteroatoms. The van der Waals surface area contributed by atoms with Gasteiger partial charge in [-0.25, -0.2) is 0 Å². The van der Waals surface area contributed by atoms with Crippen molar-refractivity contribution in [2.24, 2.45) is 0 Å². The van der Waals surface area contributed by atoms with Crippen molar-refractivity contribution >= 4 is 37.2 Å². The topological polar surface area (TPSA) is 74.6 Å². The van der Waals surface area contributed by atoms with E-state index in [4.69, 9.17) is 8.38 Å². The van der Waals surface area contributed by atoms with Crippen LogP contribution in [0.5, 0.6) is 0 Å². The number of benzene rings is 1. The Morgan fingerprint density at radius 2 is 1.25 bits per heavy atom. The Kier molecular flexibility index (Phi) is 3.40. The molecule has 0 spiro atoms. The third kappa shape index (κ3) is 2.14. The fourth-order valence-corrected chi connectivity index (χ4v) is 4.12. The van der Waals surface area contributed by atoms with Gasteiger partial charge in [-0.2, -0.15) is 0 Å². The summed E-state index contributed by atoms with van der Waals surface area (Å²) in [4.78, 5) is 0. The zero-order valence-electron chi connectivity index (χ0n) is 5.84. The molecular weight excluding hydrogens is 294 g/mol. The van der Waals surface area contributed by atoms with E-state index >= 15 is 0 Å². The summed E-state index contributed by atoms with van der Waals surface area (Å²) < 4.78 is 39.2.